The molecule has 0 aliphatic heterocycles. The van der Waals surface area contributed by atoms with Crippen LogP contribution < -0.4 is 5.14 Å². The van der Waals surface area contributed by atoms with Gasteiger partial charge in [0.25, 0.3) is 0 Å². The second kappa shape index (κ2) is 4.30. The molecule has 0 amide bonds. The Labute approximate surface area is 109 Å². The number of nitrogens with zero attached hydrogens (tertiary/aromatic N) is 4. The molecule has 0 saturated heterocycles. The van der Waals surface area contributed by atoms with E-state index in [4.69, 9.17) is 16.7 Å². The number of nitrogens with two attached hydrogens (primary N) is 1. The van der Waals surface area contributed by atoms with Crippen LogP contribution in [-0.2, 0) is 10.0 Å². The minimum atomic E-state index is -3.82. The normalized spacial score (nSPS) is 11.8. The quantitative estimate of drug-likeness (QED) is 0.870. The lowest BCUT2D eigenvalue weighted by molar-refractivity contribution is 0.596. The zero-order valence-corrected chi connectivity index (χ0v) is 11.2. The predicted octanol–water partition coefficient (Wildman–Crippen LogP) is 0.580. The van der Waals surface area contributed by atoms with Crippen molar-refractivity contribution in [1.82, 2.24) is 20.0 Å². The molecule has 0 unspecified atom stereocenters. The maximum atomic E-state index is 11.4. The van der Waals surface area contributed by atoms with Crippen LogP contribution in [0.15, 0.2) is 17.0 Å². The second-order valence-corrected chi connectivity index (χ2v) is 5.56. The maximum Gasteiger partial charge on any atom is 0.241 e. The highest BCUT2D eigenvalue weighted by Gasteiger charge is 2.22. The van der Waals surface area contributed by atoms with Gasteiger partial charge in [0.1, 0.15) is 4.90 Å². The Balaban J connectivity index is 2.65. The molecule has 0 spiro atoms. The monoisotopic (exact) mass is 287 g/mol. The SMILES string of the molecule is Cc1nn(-c2ccc(Cl)nn2)c(C)c1S(N)(=O)=O. The molecule has 2 rings (SSSR count). The van der Waals surface area contributed by atoms with Gasteiger partial charge in [-0.1, -0.05) is 11.6 Å². The maximum absolute atomic E-state index is 11.4. The summed E-state index contributed by atoms with van der Waals surface area (Å²) in [7, 11) is -3.82. The minimum absolute atomic E-state index is 0.000694. The van der Waals surface area contributed by atoms with Gasteiger partial charge >= 0.3 is 0 Å². The lowest BCUT2D eigenvalue weighted by Crippen LogP contribution is -2.14. The van der Waals surface area contributed by atoms with E-state index in [9.17, 15) is 8.42 Å². The summed E-state index contributed by atoms with van der Waals surface area (Å²) in [5.41, 5.74) is 0.693. The van der Waals surface area contributed by atoms with Crippen LogP contribution in [0.3, 0.4) is 0 Å². The third kappa shape index (κ3) is 2.22. The highest BCUT2D eigenvalue weighted by molar-refractivity contribution is 7.89. The number of rotatable bonds is 2. The number of sulfonamides is 1. The van der Waals surface area contributed by atoms with Gasteiger partial charge < -0.3 is 0 Å². The van der Waals surface area contributed by atoms with E-state index < -0.39 is 10.0 Å². The first-order valence-electron chi connectivity index (χ1n) is 4.89. The molecule has 2 aromatic rings. The zero-order valence-electron chi connectivity index (χ0n) is 9.62. The highest BCUT2D eigenvalue weighted by atomic mass is 35.5. The van der Waals surface area contributed by atoms with Crippen molar-refractivity contribution in [2.45, 2.75) is 18.7 Å². The topological polar surface area (TPSA) is 104 Å². The van der Waals surface area contributed by atoms with E-state index in [1.807, 2.05) is 0 Å². The molecular formula is C9H10ClN5O2S. The van der Waals surface area contributed by atoms with Gasteiger partial charge in [0, 0.05) is 0 Å². The molecule has 0 aliphatic carbocycles. The smallest absolute Gasteiger partial charge is 0.225 e. The van der Waals surface area contributed by atoms with Crippen molar-refractivity contribution in [1.29, 1.82) is 0 Å². The summed E-state index contributed by atoms with van der Waals surface area (Å²) in [4.78, 5) is -0.000694. The molecule has 0 bridgehead atoms. The number of hydrogen-bond donors (Lipinski definition) is 1. The van der Waals surface area contributed by atoms with Crippen molar-refractivity contribution in [3.05, 3.63) is 28.7 Å². The van der Waals surface area contributed by atoms with Crippen LogP contribution in [0.1, 0.15) is 11.4 Å². The van der Waals surface area contributed by atoms with E-state index in [1.165, 1.54) is 10.7 Å². The first kappa shape index (κ1) is 12.9. The molecule has 2 N–H and O–H groups in total. The number of halogens is 1. The number of aryl methyl sites for hydroxylation is 1. The largest absolute Gasteiger partial charge is 0.241 e. The Kier molecular flexibility index (Phi) is 3.09. The van der Waals surface area contributed by atoms with Crippen LogP contribution in [-0.4, -0.2) is 28.4 Å². The molecular weight excluding hydrogens is 278 g/mol. The molecule has 96 valence electrons. The van der Waals surface area contributed by atoms with Gasteiger partial charge in [0.05, 0.1) is 11.4 Å². The van der Waals surface area contributed by atoms with Gasteiger partial charge in [-0.3, -0.25) is 0 Å². The minimum Gasteiger partial charge on any atom is -0.225 e. The van der Waals surface area contributed by atoms with Crippen LogP contribution >= 0.6 is 11.6 Å². The van der Waals surface area contributed by atoms with Crippen molar-refractivity contribution < 1.29 is 8.42 Å². The Hall–Kier alpha value is -1.51. The summed E-state index contributed by atoms with van der Waals surface area (Å²) in [5, 5.41) is 17.0. The van der Waals surface area contributed by atoms with Crippen molar-refractivity contribution in [2.75, 3.05) is 0 Å². The summed E-state index contributed by atoms with van der Waals surface area (Å²) in [5.74, 6) is 0.370. The summed E-state index contributed by atoms with van der Waals surface area (Å²) >= 11 is 5.63. The average Bonchev–Trinajstić information content (AvgIpc) is 2.54. The molecule has 0 atom stereocenters. The van der Waals surface area contributed by atoms with Crippen LogP contribution in [0.25, 0.3) is 5.82 Å². The van der Waals surface area contributed by atoms with Gasteiger partial charge in [0.15, 0.2) is 11.0 Å². The van der Waals surface area contributed by atoms with Gasteiger partial charge in [-0.15, -0.1) is 10.2 Å². The Bertz CT molecular complexity index is 692. The molecule has 0 fully saturated rings. The van der Waals surface area contributed by atoms with Crippen LogP contribution in [0.4, 0.5) is 0 Å². The molecule has 0 radical (unpaired) electrons. The third-order valence-electron chi connectivity index (χ3n) is 2.34. The molecule has 2 heterocycles. The van der Waals surface area contributed by atoms with E-state index in [2.05, 4.69) is 15.3 Å². The summed E-state index contributed by atoms with van der Waals surface area (Å²) < 4.78 is 24.2. The Morgan fingerprint density at radius 2 is 1.94 bits per heavy atom. The lowest BCUT2D eigenvalue weighted by atomic mass is 10.4. The average molecular weight is 288 g/mol. The fourth-order valence-corrected chi connectivity index (χ4v) is 2.74. The molecule has 0 aromatic carbocycles. The number of primary sulfonamides is 1. The van der Waals surface area contributed by atoms with E-state index in [-0.39, 0.29) is 10.0 Å². The standard InChI is InChI=1S/C9H10ClN5O2S/c1-5-9(18(11,16)17)6(2)15(14-5)8-4-3-7(10)12-13-8/h3-4H,1-2H3,(H2,11,16,17). The second-order valence-electron chi connectivity index (χ2n) is 3.67. The predicted molar refractivity (Wildman–Crippen MR) is 65.0 cm³/mol. The van der Waals surface area contributed by atoms with Gasteiger partial charge in [-0.2, -0.15) is 5.10 Å². The summed E-state index contributed by atoms with van der Waals surface area (Å²) in [6.07, 6.45) is 0. The van der Waals surface area contributed by atoms with E-state index in [1.54, 1.807) is 19.9 Å². The van der Waals surface area contributed by atoms with Crippen LogP contribution in [0, 0.1) is 13.8 Å². The van der Waals surface area contributed by atoms with E-state index in [0.29, 0.717) is 17.2 Å². The molecule has 9 heteroatoms. The van der Waals surface area contributed by atoms with Crippen molar-refractivity contribution in [2.24, 2.45) is 5.14 Å². The van der Waals surface area contributed by atoms with Crippen molar-refractivity contribution in [3.8, 4) is 5.82 Å². The molecule has 2 aromatic heterocycles. The van der Waals surface area contributed by atoms with Gasteiger partial charge in [-0.25, -0.2) is 18.2 Å². The number of hydrogen-bond acceptors (Lipinski definition) is 5. The first-order valence-corrected chi connectivity index (χ1v) is 6.82. The molecule has 0 aliphatic rings. The summed E-state index contributed by atoms with van der Waals surface area (Å²) in [6.45, 7) is 3.16. The van der Waals surface area contributed by atoms with Crippen molar-refractivity contribution >= 4 is 21.6 Å². The fourth-order valence-electron chi connectivity index (χ4n) is 1.69. The lowest BCUT2D eigenvalue weighted by Gasteiger charge is -2.02. The highest BCUT2D eigenvalue weighted by Crippen LogP contribution is 2.20. The first-order chi connectivity index (χ1) is 8.30. The number of aromatic nitrogens is 4. The summed E-state index contributed by atoms with van der Waals surface area (Å²) in [6, 6.07) is 3.12. The van der Waals surface area contributed by atoms with Gasteiger partial charge in [0.2, 0.25) is 10.0 Å². The Morgan fingerprint density at radius 3 is 2.39 bits per heavy atom. The van der Waals surface area contributed by atoms with Crippen LogP contribution in [0.2, 0.25) is 5.15 Å². The van der Waals surface area contributed by atoms with Crippen molar-refractivity contribution in [3.63, 3.8) is 0 Å². The molecule has 7 nitrogen and oxygen atoms in total. The zero-order chi connectivity index (χ0) is 13.5. The van der Waals surface area contributed by atoms with E-state index in [0.717, 1.165) is 0 Å². The molecule has 18 heavy (non-hydrogen) atoms. The van der Waals surface area contributed by atoms with Crippen LogP contribution in [0.5, 0.6) is 0 Å². The van der Waals surface area contributed by atoms with Gasteiger partial charge in [-0.05, 0) is 26.0 Å². The fraction of sp³-hybridized carbons (Fsp3) is 0.222. The third-order valence-corrected chi connectivity index (χ3v) is 3.71. The Morgan fingerprint density at radius 1 is 1.28 bits per heavy atom. The molecule has 0 saturated carbocycles. The van der Waals surface area contributed by atoms with E-state index >= 15 is 0 Å².